The minimum absolute atomic E-state index is 0.124. The van der Waals surface area contributed by atoms with E-state index in [0.717, 1.165) is 5.56 Å². The fourth-order valence-corrected chi connectivity index (χ4v) is 1.21. The van der Waals surface area contributed by atoms with Crippen molar-refractivity contribution >= 4 is 0 Å². The van der Waals surface area contributed by atoms with Gasteiger partial charge in [-0.3, -0.25) is 0 Å². The number of ether oxygens (including phenoxy) is 2. The normalized spacial score (nSPS) is 10.1. The second kappa shape index (κ2) is 6.27. The van der Waals surface area contributed by atoms with Crippen LogP contribution in [0.15, 0.2) is 18.2 Å². The zero-order chi connectivity index (χ0) is 11.1. The van der Waals surface area contributed by atoms with Gasteiger partial charge in [0.25, 0.3) is 0 Å². The molecule has 0 fully saturated rings. The van der Waals surface area contributed by atoms with Gasteiger partial charge in [-0.05, 0) is 17.7 Å². The third-order valence-corrected chi connectivity index (χ3v) is 2.02. The van der Waals surface area contributed by atoms with Gasteiger partial charge >= 0.3 is 0 Å². The second-order valence-electron chi connectivity index (χ2n) is 3.11. The third-order valence-electron chi connectivity index (χ3n) is 2.02. The Labute approximate surface area is 89.6 Å². The molecule has 4 heteroatoms. The number of aliphatic hydroxyl groups excluding tert-OH is 1. The average Bonchev–Trinajstić information content (AvgIpc) is 2.29. The Balaban J connectivity index is 2.72. The number of hydrogen-bond acceptors (Lipinski definition) is 4. The highest BCUT2D eigenvalue weighted by Gasteiger charge is 2.04. The molecule has 84 valence electrons. The summed E-state index contributed by atoms with van der Waals surface area (Å²) in [5.74, 6) is 1.36. The topological polar surface area (TPSA) is 64.7 Å². The molecule has 0 bridgehead atoms. The van der Waals surface area contributed by atoms with Gasteiger partial charge in [0, 0.05) is 19.6 Å². The number of hydrogen-bond donors (Lipinski definition) is 2. The van der Waals surface area contributed by atoms with Crippen LogP contribution in [0.5, 0.6) is 11.5 Å². The van der Waals surface area contributed by atoms with Gasteiger partial charge in [-0.25, -0.2) is 0 Å². The highest BCUT2D eigenvalue weighted by atomic mass is 16.5. The minimum Gasteiger partial charge on any atom is -0.493 e. The van der Waals surface area contributed by atoms with Crippen LogP contribution in [0.1, 0.15) is 12.0 Å². The summed E-state index contributed by atoms with van der Waals surface area (Å²) in [5.41, 5.74) is 6.52. The number of rotatable bonds is 6. The van der Waals surface area contributed by atoms with Crippen LogP contribution in [-0.4, -0.2) is 25.4 Å². The SMILES string of the molecule is COc1ccc(CN)cc1OCCCO. The molecule has 0 aliphatic rings. The molecule has 0 heterocycles. The summed E-state index contributed by atoms with van der Waals surface area (Å²) in [5, 5.41) is 8.64. The van der Waals surface area contributed by atoms with E-state index in [1.165, 1.54) is 0 Å². The highest BCUT2D eigenvalue weighted by molar-refractivity contribution is 5.42. The molecule has 1 aromatic carbocycles. The number of nitrogens with two attached hydrogens (primary N) is 1. The monoisotopic (exact) mass is 211 g/mol. The van der Waals surface area contributed by atoms with Gasteiger partial charge < -0.3 is 20.3 Å². The molecular weight excluding hydrogens is 194 g/mol. The third kappa shape index (κ3) is 3.42. The molecule has 15 heavy (non-hydrogen) atoms. The molecule has 1 rings (SSSR count). The molecule has 3 N–H and O–H groups in total. The van der Waals surface area contributed by atoms with Crippen molar-refractivity contribution in [3.05, 3.63) is 23.8 Å². The van der Waals surface area contributed by atoms with E-state index >= 15 is 0 Å². The summed E-state index contributed by atoms with van der Waals surface area (Å²) in [6.07, 6.45) is 0.607. The van der Waals surface area contributed by atoms with Gasteiger partial charge in [-0.15, -0.1) is 0 Å². The van der Waals surface area contributed by atoms with Crippen LogP contribution >= 0.6 is 0 Å². The maximum absolute atomic E-state index is 8.64. The molecule has 0 spiro atoms. The summed E-state index contributed by atoms with van der Waals surface area (Å²) < 4.78 is 10.6. The lowest BCUT2D eigenvalue weighted by atomic mass is 10.2. The predicted molar refractivity (Wildman–Crippen MR) is 58.1 cm³/mol. The summed E-state index contributed by atoms with van der Waals surface area (Å²) in [7, 11) is 1.59. The molecule has 0 aliphatic heterocycles. The Hall–Kier alpha value is -1.26. The largest absolute Gasteiger partial charge is 0.493 e. The lowest BCUT2D eigenvalue weighted by Crippen LogP contribution is -2.03. The smallest absolute Gasteiger partial charge is 0.161 e. The van der Waals surface area contributed by atoms with Gasteiger partial charge in [0.15, 0.2) is 11.5 Å². The maximum Gasteiger partial charge on any atom is 0.161 e. The lowest BCUT2D eigenvalue weighted by Gasteiger charge is -2.11. The fourth-order valence-electron chi connectivity index (χ4n) is 1.21. The highest BCUT2D eigenvalue weighted by Crippen LogP contribution is 2.27. The van der Waals surface area contributed by atoms with Crippen molar-refractivity contribution < 1.29 is 14.6 Å². The van der Waals surface area contributed by atoms with Gasteiger partial charge in [0.1, 0.15) is 0 Å². The molecule has 0 atom stereocenters. The molecular formula is C11H17NO3. The zero-order valence-corrected chi connectivity index (χ0v) is 8.90. The summed E-state index contributed by atoms with van der Waals surface area (Å²) in [6, 6.07) is 5.59. The van der Waals surface area contributed by atoms with Gasteiger partial charge in [-0.2, -0.15) is 0 Å². The Morgan fingerprint density at radius 2 is 2.13 bits per heavy atom. The Kier molecular flexibility index (Phi) is 4.93. The first-order valence-corrected chi connectivity index (χ1v) is 4.92. The van der Waals surface area contributed by atoms with Crippen LogP contribution in [0.25, 0.3) is 0 Å². The molecule has 0 unspecified atom stereocenters. The summed E-state index contributed by atoms with van der Waals surface area (Å²) in [4.78, 5) is 0. The van der Waals surface area contributed by atoms with Crippen molar-refractivity contribution in [3.63, 3.8) is 0 Å². The van der Waals surface area contributed by atoms with Crippen molar-refractivity contribution in [3.8, 4) is 11.5 Å². The number of benzene rings is 1. The first-order valence-electron chi connectivity index (χ1n) is 4.92. The molecule has 0 aliphatic carbocycles. The van der Waals surface area contributed by atoms with E-state index in [4.69, 9.17) is 20.3 Å². The zero-order valence-electron chi connectivity index (χ0n) is 8.90. The van der Waals surface area contributed by atoms with Crippen LogP contribution in [0, 0.1) is 0 Å². The summed E-state index contributed by atoms with van der Waals surface area (Å²) >= 11 is 0. The van der Waals surface area contributed by atoms with E-state index in [0.29, 0.717) is 31.1 Å². The van der Waals surface area contributed by atoms with Crippen molar-refractivity contribution in [1.82, 2.24) is 0 Å². The maximum atomic E-state index is 8.64. The number of methoxy groups -OCH3 is 1. The van der Waals surface area contributed by atoms with Crippen molar-refractivity contribution in [2.75, 3.05) is 20.3 Å². The van der Waals surface area contributed by atoms with E-state index in [1.54, 1.807) is 7.11 Å². The van der Waals surface area contributed by atoms with E-state index in [2.05, 4.69) is 0 Å². The van der Waals surface area contributed by atoms with Crippen LogP contribution < -0.4 is 15.2 Å². The lowest BCUT2D eigenvalue weighted by molar-refractivity contribution is 0.228. The number of aliphatic hydroxyl groups is 1. The molecule has 0 radical (unpaired) electrons. The Morgan fingerprint density at radius 3 is 2.73 bits per heavy atom. The van der Waals surface area contributed by atoms with Crippen LogP contribution in [0.4, 0.5) is 0 Å². The quantitative estimate of drug-likeness (QED) is 0.687. The van der Waals surface area contributed by atoms with Crippen molar-refractivity contribution in [2.45, 2.75) is 13.0 Å². The Morgan fingerprint density at radius 1 is 1.33 bits per heavy atom. The van der Waals surface area contributed by atoms with E-state index in [-0.39, 0.29) is 6.61 Å². The van der Waals surface area contributed by atoms with Gasteiger partial charge in [0.2, 0.25) is 0 Å². The van der Waals surface area contributed by atoms with Crippen molar-refractivity contribution in [1.29, 1.82) is 0 Å². The molecule has 0 saturated carbocycles. The van der Waals surface area contributed by atoms with Crippen LogP contribution in [0.2, 0.25) is 0 Å². The standard InChI is InChI=1S/C11H17NO3/c1-14-10-4-3-9(8-12)7-11(10)15-6-2-5-13/h3-4,7,13H,2,5-6,8,12H2,1H3. The van der Waals surface area contributed by atoms with E-state index in [9.17, 15) is 0 Å². The Bertz CT molecular complexity index is 302. The first-order chi connectivity index (χ1) is 7.31. The van der Waals surface area contributed by atoms with Crippen LogP contribution in [-0.2, 0) is 6.54 Å². The predicted octanol–water partition coefficient (Wildman–Crippen LogP) is 0.915. The second-order valence-corrected chi connectivity index (χ2v) is 3.11. The van der Waals surface area contributed by atoms with Crippen molar-refractivity contribution in [2.24, 2.45) is 5.73 Å². The molecule has 0 amide bonds. The minimum atomic E-state index is 0.124. The first kappa shape index (κ1) is 11.8. The van der Waals surface area contributed by atoms with Gasteiger partial charge in [0.05, 0.1) is 13.7 Å². The molecule has 4 nitrogen and oxygen atoms in total. The van der Waals surface area contributed by atoms with Crippen LogP contribution in [0.3, 0.4) is 0 Å². The average molecular weight is 211 g/mol. The molecule has 0 aromatic heterocycles. The summed E-state index contributed by atoms with van der Waals surface area (Å²) in [6.45, 7) is 1.07. The molecule has 1 aromatic rings. The molecule has 0 saturated heterocycles. The van der Waals surface area contributed by atoms with E-state index in [1.807, 2.05) is 18.2 Å². The van der Waals surface area contributed by atoms with Gasteiger partial charge in [-0.1, -0.05) is 6.07 Å². The van der Waals surface area contributed by atoms with E-state index < -0.39 is 0 Å². The fraction of sp³-hybridized carbons (Fsp3) is 0.455.